The summed E-state index contributed by atoms with van der Waals surface area (Å²) in [7, 11) is -3.11. The number of fused-ring (bicyclic) bond motifs is 5. The van der Waals surface area contributed by atoms with Gasteiger partial charge >= 0.3 is 10.6 Å². The molecule has 184 valence electrons. The fraction of sp³-hybridized carbons (Fsp3) is 0.926. The summed E-state index contributed by atoms with van der Waals surface area (Å²) in [4.78, 5) is 0. The van der Waals surface area contributed by atoms with Crippen molar-refractivity contribution in [3.05, 3.63) is 11.6 Å². The minimum atomic E-state index is -3.11. The average molecular weight is 467 g/mol. The summed E-state index contributed by atoms with van der Waals surface area (Å²) in [5.74, 6) is 4.61. The van der Waals surface area contributed by atoms with Gasteiger partial charge in [0.05, 0.1) is 5.60 Å². The molecule has 0 spiro atoms. The van der Waals surface area contributed by atoms with Crippen LogP contribution >= 0.6 is 0 Å². The van der Waals surface area contributed by atoms with Crippen LogP contribution < -0.4 is 0 Å². The highest BCUT2D eigenvalue weighted by atomic mass is 32.2. The van der Waals surface area contributed by atoms with E-state index in [1.807, 2.05) is 19.4 Å². The van der Waals surface area contributed by atoms with E-state index in [-0.39, 0.29) is 0 Å². The summed E-state index contributed by atoms with van der Waals surface area (Å²) in [6.07, 6.45) is 19.2. The quantitative estimate of drug-likeness (QED) is 0.468. The molecule has 4 aliphatic carbocycles. The van der Waals surface area contributed by atoms with Gasteiger partial charge in [-0.1, -0.05) is 51.7 Å². The standard InChI is InChI=1S/C27H46O.O3S/c1-19(9-8-16-25(2,3)28)22-13-14-23-21-12-11-20-10-6-7-17-26(20,4)24(21)15-18-27(22,23)5;1-4(2)3/h11,19,21-24,28H,6-10,12-18H2,1-5H3;. The summed E-state index contributed by atoms with van der Waals surface area (Å²) < 4.78 is 25.3. The molecule has 4 rings (SSSR count). The van der Waals surface area contributed by atoms with E-state index in [1.165, 1.54) is 70.6 Å². The first-order valence-corrected chi connectivity index (χ1v) is 14.1. The van der Waals surface area contributed by atoms with Crippen LogP contribution in [0.25, 0.3) is 0 Å². The Morgan fingerprint density at radius 3 is 2.44 bits per heavy atom. The molecule has 0 radical (unpaired) electrons. The Labute approximate surface area is 197 Å². The van der Waals surface area contributed by atoms with Crippen molar-refractivity contribution in [1.29, 1.82) is 0 Å². The molecular formula is C27H46O4S. The highest BCUT2D eigenvalue weighted by molar-refractivity contribution is 7.59. The third kappa shape index (κ3) is 5.35. The summed E-state index contributed by atoms with van der Waals surface area (Å²) in [6, 6.07) is 0. The summed E-state index contributed by atoms with van der Waals surface area (Å²) >= 11 is 0. The van der Waals surface area contributed by atoms with Gasteiger partial charge in [-0.3, -0.25) is 0 Å². The minimum absolute atomic E-state index is 0.499. The molecule has 5 heteroatoms. The van der Waals surface area contributed by atoms with Crippen molar-refractivity contribution in [3.63, 3.8) is 0 Å². The molecule has 32 heavy (non-hydrogen) atoms. The van der Waals surface area contributed by atoms with E-state index >= 15 is 0 Å². The van der Waals surface area contributed by atoms with Crippen LogP contribution in [0.2, 0.25) is 0 Å². The normalized spacial score (nSPS) is 39.5. The van der Waals surface area contributed by atoms with Gasteiger partial charge in [0.25, 0.3) is 0 Å². The molecule has 0 aromatic carbocycles. The fourth-order valence-corrected chi connectivity index (χ4v) is 8.73. The van der Waals surface area contributed by atoms with Crippen molar-refractivity contribution in [2.45, 2.75) is 117 Å². The van der Waals surface area contributed by atoms with Crippen molar-refractivity contribution in [2.24, 2.45) is 40.4 Å². The number of aliphatic hydroxyl groups is 1. The second-order valence-electron chi connectivity index (χ2n) is 12.6. The van der Waals surface area contributed by atoms with Crippen molar-refractivity contribution in [3.8, 4) is 0 Å². The van der Waals surface area contributed by atoms with Gasteiger partial charge in [-0.2, -0.15) is 0 Å². The maximum absolute atomic E-state index is 10.1. The topological polar surface area (TPSA) is 71.4 Å². The fourth-order valence-electron chi connectivity index (χ4n) is 8.73. The first kappa shape index (κ1) is 25.9. The van der Waals surface area contributed by atoms with E-state index in [2.05, 4.69) is 26.8 Å². The van der Waals surface area contributed by atoms with Gasteiger partial charge in [0.1, 0.15) is 0 Å². The predicted molar refractivity (Wildman–Crippen MR) is 129 cm³/mol. The molecule has 7 atom stereocenters. The summed E-state index contributed by atoms with van der Waals surface area (Å²) in [6.45, 7) is 11.8. The molecule has 0 bridgehead atoms. The first-order chi connectivity index (χ1) is 14.9. The molecule has 4 nitrogen and oxygen atoms in total. The molecule has 3 fully saturated rings. The van der Waals surface area contributed by atoms with Crippen LogP contribution in [0, 0.1) is 40.4 Å². The summed E-state index contributed by atoms with van der Waals surface area (Å²) in [5, 5.41) is 10.1. The maximum Gasteiger partial charge on any atom is 0.425 e. The van der Waals surface area contributed by atoms with Gasteiger partial charge in [-0.15, -0.1) is 12.6 Å². The molecule has 7 unspecified atom stereocenters. The Hall–Kier alpha value is -0.680. The highest BCUT2D eigenvalue weighted by Gasteiger charge is 2.58. The lowest BCUT2D eigenvalue weighted by Gasteiger charge is -2.58. The van der Waals surface area contributed by atoms with Crippen molar-refractivity contribution < 1.29 is 17.7 Å². The smallest absolute Gasteiger partial charge is 0.390 e. The van der Waals surface area contributed by atoms with Crippen LogP contribution in [0.4, 0.5) is 0 Å². The Bertz CT molecular complexity index is 788. The van der Waals surface area contributed by atoms with Crippen molar-refractivity contribution in [1.82, 2.24) is 0 Å². The van der Waals surface area contributed by atoms with Gasteiger partial charge in [-0.25, -0.2) is 0 Å². The molecule has 3 saturated carbocycles. The number of allylic oxidation sites excluding steroid dienone is 2. The van der Waals surface area contributed by atoms with Gasteiger partial charge in [-0.05, 0) is 112 Å². The third-order valence-corrected chi connectivity index (χ3v) is 10.2. The maximum atomic E-state index is 10.1. The van der Waals surface area contributed by atoms with E-state index in [0.717, 1.165) is 36.0 Å². The predicted octanol–water partition coefficient (Wildman–Crippen LogP) is 6.53. The Balaban J connectivity index is 0.000000668. The molecule has 1 N–H and O–H groups in total. The number of hydrogen-bond donors (Lipinski definition) is 1. The van der Waals surface area contributed by atoms with E-state index < -0.39 is 16.2 Å². The molecule has 0 amide bonds. The van der Waals surface area contributed by atoms with Crippen LogP contribution in [0.15, 0.2) is 11.6 Å². The van der Waals surface area contributed by atoms with Gasteiger partial charge in [0, 0.05) is 0 Å². The molecule has 0 aromatic rings. The van der Waals surface area contributed by atoms with Gasteiger partial charge in [0.15, 0.2) is 0 Å². The second-order valence-corrected chi connectivity index (χ2v) is 13.0. The second kappa shape index (κ2) is 9.90. The Kier molecular flexibility index (Phi) is 8.02. The van der Waals surface area contributed by atoms with Gasteiger partial charge in [0.2, 0.25) is 0 Å². The van der Waals surface area contributed by atoms with E-state index in [4.69, 9.17) is 12.6 Å². The third-order valence-electron chi connectivity index (χ3n) is 10.2. The molecule has 0 heterocycles. The SMILES string of the molecule is CC(CCCC(C)(C)O)C1CCC2C3CC=C4CCCCC4(C)C3CCC12C.O=S(=O)=O. The number of hydrogen-bond acceptors (Lipinski definition) is 4. The van der Waals surface area contributed by atoms with Crippen LogP contribution in [-0.4, -0.2) is 23.3 Å². The first-order valence-electron chi connectivity index (χ1n) is 13.1. The molecular weight excluding hydrogens is 420 g/mol. The number of rotatable bonds is 5. The van der Waals surface area contributed by atoms with Gasteiger partial charge < -0.3 is 5.11 Å². The minimum Gasteiger partial charge on any atom is -0.390 e. The summed E-state index contributed by atoms with van der Waals surface area (Å²) in [5.41, 5.74) is 2.46. The Morgan fingerprint density at radius 1 is 1.09 bits per heavy atom. The lowest BCUT2D eigenvalue weighted by atomic mass is 9.47. The lowest BCUT2D eigenvalue weighted by Crippen LogP contribution is -2.50. The van der Waals surface area contributed by atoms with Crippen LogP contribution in [-0.2, 0) is 10.6 Å². The molecule has 0 aliphatic heterocycles. The lowest BCUT2D eigenvalue weighted by molar-refractivity contribution is -0.0503. The van der Waals surface area contributed by atoms with Crippen LogP contribution in [0.1, 0.15) is 112 Å². The van der Waals surface area contributed by atoms with E-state index in [9.17, 15) is 5.11 Å². The molecule has 4 aliphatic rings. The van der Waals surface area contributed by atoms with Crippen molar-refractivity contribution in [2.75, 3.05) is 0 Å². The zero-order valence-corrected chi connectivity index (χ0v) is 21.8. The molecule has 0 saturated heterocycles. The molecule has 0 aromatic heterocycles. The largest absolute Gasteiger partial charge is 0.425 e. The van der Waals surface area contributed by atoms with Crippen LogP contribution in [0.5, 0.6) is 0 Å². The zero-order valence-electron chi connectivity index (χ0n) is 21.0. The monoisotopic (exact) mass is 466 g/mol. The van der Waals surface area contributed by atoms with E-state index in [1.54, 1.807) is 0 Å². The average Bonchev–Trinajstić information content (AvgIpc) is 3.03. The van der Waals surface area contributed by atoms with Crippen LogP contribution in [0.3, 0.4) is 0 Å². The van der Waals surface area contributed by atoms with E-state index in [0.29, 0.717) is 10.8 Å². The van der Waals surface area contributed by atoms with Crippen molar-refractivity contribution >= 4 is 10.6 Å². The Morgan fingerprint density at radius 2 is 1.78 bits per heavy atom. The zero-order chi connectivity index (χ0) is 23.7. The highest BCUT2D eigenvalue weighted by Crippen LogP contribution is 2.67.